The maximum absolute atomic E-state index is 10.4. The highest BCUT2D eigenvalue weighted by atomic mass is 31.2. The lowest BCUT2D eigenvalue weighted by Gasteiger charge is -2.08. The van der Waals surface area contributed by atoms with E-state index in [2.05, 4.69) is 5.32 Å². The summed E-state index contributed by atoms with van der Waals surface area (Å²) in [6.45, 7) is 1.78. The Labute approximate surface area is 201 Å². The van der Waals surface area contributed by atoms with E-state index < -0.39 is 47.4 Å². The van der Waals surface area contributed by atoms with Crippen molar-refractivity contribution in [3.63, 3.8) is 0 Å². The Morgan fingerprint density at radius 2 is 0.541 bits per heavy atom. The number of hydrogen-bond donors (Lipinski definition) is 13. The van der Waals surface area contributed by atoms with Crippen LogP contribution >= 0.6 is 47.4 Å². The maximum atomic E-state index is 10.4. The molecule has 0 aromatic carbocycles. The molecule has 1 aliphatic rings. The van der Waals surface area contributed by atoms with Crippen molar-refractivity contribution in [3.8, 4) is 0 Å². The van der Waals surface area contributed by atoms with Crippen molar-refractivity contribution in [1.82, 2.24) is 5.32 Å². The highest BCUT2D eigenvalue weighted by molar-refractivity contribution is 7.46. The normalized spacial score (nSPS) is 13.8. The van der Waals surface area contributed by atoms with Crippen LogP contribution in [0.4, 0.5) is 25.2 Å². The van der Waals surface area contributed by atoms with Crippen LogP contribution in [0.3, 0.4) is 0 Å². The number of Topliss-reactive ketones (excluding diaryl/α,β-unsaturated/α-hetero) is 1. The van der Waals surface area contributed by atoms with Gasteiger partial charge in [0.15, 0.2) is 0 Å². The minimum atomic E-state index is -5.14. The molecule has 1 fully saturated rings. The summed E-state index contributed by atoms with van der Waals surface area (Å²) >= 11 is 0. The fraction of sp³-hybridized carbons (Fsp3) is 0.800. The molecule has 32 heteroatoms. The van der Waals surface area contributed by atoms with Gasteiger partial charge in [0.05, 0.1) is 0 Å². The average molecular weight is 699 g/mol. The minimum Gasteiger partial charge on any atom is -0.316 e. The van der Waals surface area contributed by atoms with Gasteiger partial charge in [-0.15, -0.1) is 25.2 Å². The van der Waals surface area contributed by atoms with Gasteiger partial charge in [0.25, 0.3) is 0 Å². The predicted octanol–water partition coefficient (Wildman–Crippen LogP) is 0.231. The summed E-state index contributed by atoms with van der Waals surface area (Å²) in [7, 11) is -30.8. The van der Waals surface area contributed by atoms with Gasteiger partial charge in [-0.2, -0.15) is 0 Å². The van der Waals surface area contributed by atoms with Crippen molar-refractivity contribution in [2.45, 2.75) is 12.8 Å². The fourth-order valence-corrected chi connectivity index (χ4v) is 0.706. The topological polar surface area (TPSA) is 374 Å². The highest BCUT2D eigenvalue weighted by Crippen LogP contribution is 2.37. The van der Waals surface area contributed by atoms with Crippen LogP contribution < -0.4 is 5.32 Å². The van der Waals surface area contributed by atoms with E-state index in [-0.39, 0.29) is 0 Å². The highest BCUT2D eigenvalue weighted by Gasteiger charge is 2.07. The van der Waals surface area contributed by atoms with Crippen LogP contribution in [0.1, 0.15) is 12.8 Å². The first-order valence-corrected chi connectivity index (χ1v) is 16.1. The Morgan fingerprint density at radius 1 is 0.432 bits per heavy atom. The summed E-state index contributed by atoms with van der Waals surface area (Å²) in [6, 6.07) is 0. The third kappa shape index (κ3) is 639. The first-order valence-electron chi connectivity index (χ1n) is 7.13. The molecule has 0 saturated carbocycles. The molecule has 1 rings (SSSR count). The largest absolute Gasteiger partial charge is 0.507 e. The van der Waals surface area contributed by atoms with E-state index in [4.69, 9.17) is 86.1 Å². The van der Waals surface area contributed by atoms with Crippen LogP contribution in [-0.2, 0) is 32.2 Å². The molecule has 1 heterocycles. The van der Waals surface area contributed by atoms with Crippen molar-refractivity contribution >= 4 is 53.2 Å². The summed E-state index contributed by atoms with van der Waals surface area (Å²) in [5, 5.41) is 3.09. The summed E-state index contributed by atoms with van der Waals surface area (Å²) in [5.74, 6) is 0.402. The third-order valence-electron chi connectivity index (χ3n) is 1.16. The zero-order chi connectivity index (χ0) is 32.1. The first-order chi connectivity index (χ1) is 15.4. The number of nitrogens with one attached hydrogen (secondary N) is 1. The smallest absolute Gasteiger partial charge is 0.316 e. The summed E-state index contributed by atoms with van der Waals surface area (Å²) < 4.78 is 114. The molecular formula is C5H21F6NO19P6. The molecule has 0 aromatic rings. The lowest BCUT2D eigenvalue weighted by Crippen LogP contribution is -2.27. The summed E-state index contributed by atoms with van der Waals surface area (Å²) in [5.41, 5.74) is 0. The molecule has 0 amide bonds. The maximum Gasteiger partial charge on any atom is 0.507 e. The zero-order valence-electron chi connectivity index (χ0n) is 17.0. The van der Waals surface area contributed by atoms with E-state index in [1.165, 1.54) is 0 Å². The van der Waals surface area contributed by atoms with E-state index in [9.17, 15) is 30.0 Å². The summed E-state index contributed by atoms with van der Waals surface area (Å²) in [4.78, 5) is 94.0. The zero-order valence-corrected chi connectivity index (χ0v) is 22.4. The molecule has 20 nitrogen and oxygen atoms in total. The van der Waals surface area contributed by atoms with Gasteiger partial charge in [-0.3, -0.25) is 63.5 Å². The average Bonchev–Trinajstić information content (AvgIpc) is 2.36. The molecule has 1 saturated heterocycles. The van der Waals surface area contributed by atoms with Crippen LogP contribution in [0.5, 0.6) is 0 Å². The van der Waals surface area contributed by atoms with Gasteiger partial charge in [-0.25, -0.2) is 27.4 Å². The third-order valence-corrected chi connectivity index (χ3v) is 1.16. The van der Waals surface area contributed by atoms with Crippen molar-refractivity contribution in [1.29, 1.82) is 0 Å². The van der Waals surface area contributed by atoms with E-state index in [0.717, 1.165) is 25.9 Å². The van der Waals surface area contributed by atoms with Crippen LogP contribution in [-0.4, -0.2) is 77.6 Å². The molecule has 0 aromatic heterocycles. The number of piperidine rings is 1. The quantitative estimate of drug-likeness (QED) is 0.119. The van der Waals surface area contributed by atoms with Gasteiger partial charge in [-0.05, 0) is 0 Å². The second-order valence-corrected chi connectivity index (χ2v) is 10.3. The molecule has 37 heavy (non-hydrogen) atoms. The molecule has 0 bridgehead atoms. The van der Waals surface area contributed by atoms with Crippen LogP contribution in [0, 0.1) is 0 Å². The van der Waals surface area contributed by atoms with Gasteiger partial charge in [-0.1, -0.05) is 0 Å². The SMILES string of the molecule is O=C1CCNCC1.O=P(O)(O)F.O=P(O)(O)F.O=P(O)(O)F.O=P(O)(O)F.O=P(O)(O)F.O=P(O)(O)F. The lowest BCUT2D eigenvalue weighted by atomic mass is 10.1. The molecule has 0 radical (unpaired) electrons. The van der Waals surface area contributed by atoms with Gasteiger partial charge < -0.3 is 5.32 Å². The standard InChI is InChI=1S/C5H9NO.6FH2O3P/c7-5-1-3-6-4-2-5;6*1-5(2,3)4/h6H,1-4H2;6*(H2,2,3,4). The number of ketones is 1. The monoisotopic (exact) mass is 699 g/mol. The Kier molecular flexibility index (Phi) is 30.9. The Morgan fingerprint density at radius 3 is 0.595 bits per heavy atom. The second-order valence-electron chi connectivity index (χ2n) is 4.63. The van der Waals surface area contributed by atoms with Crippen molar-refractivity contribution < 1.29 is 116 Å². The summed E-state index contributed by atoms with van der Waals surface area (Å²) in [6.07, 6.45) is 1.47. The van der Waals surface area contributed by atoms with Gasteiger partial charge in [0.2, 0.25) is 0 Å². The minimum absolute atomic E-state index is 0.402. The Balaban J connectivity index is -0.0000000762. The van der Waals surface area contributed by atoms with E-state index in [1.807, 2.05) is 0 Å². The number of halogens is 6. The van der Waals surface area contributed by atoms with E-state index in [1.54, 1.807) is 0 Å². The first kappa shape index (κ1) is 50.0. The predicted molar refractivity (Wildman–Crippen MR) is 106 cm³/mol. The van der Waals surface area contributed by atoms with Crippen molar-refractivity contribution in [2.24, 2.45) is 0 Å². The molecule has 0 unspecified atom stereocenters. The van der Waals surface area contributed by atoms with Crippen molar-refractivity contribution in [3.05, 3.63) is 0 Å². The number of hydrogen-bond acceptors (Lipinski definition) is 8. The van der Waals surface area contributed by atoms with Crippen LogP contribution in [0.15, 0.2) is 0 Å². The van der Waals surface area contributed by atoms with Crippen LogP contribution in [0.25, 0.3) is 0 Å². The Hall–Kier alpha value is 0.110. The number of carbonyl (C=O) groups excluding carboxylic acids is 1. The fourth-order valence-electron chi connectivity index (χ4n) is 0.706. The van der Waals surface area contributed by atoms with Crippen molar-refractivity contribution in [2.75, 3.05) is 13.1 Å². The molecular weight excluding hydrogens is 678 g/mol. The molecule has 1 aliphatic heterocycles. The number of carbonyl (C=O) groups is 1. The molecule has 0 atom stereocenters. The van der Waals surface area contributed by atoms with Gasteiger partial charge in [0.1, 0.15) is 5.78 Å². The molecule has 232 valence electrons. The molecule has 13 N–H and O–H groups in total. The number of rotatable bonds is 0. The van der Waals surface area contributed by atoms with Gasteiger partial charge in [0, 0.05) is 25.9 Å². The van der Waals surface area contributed by atoms with E-state index >= 15 is 0 Å². The molecule has 0 spiro atoms. The lowest BCUT2D eigenvalue weighted by molar-refractivity contribution is -0.119. The van der Waals surface area contributed by atoms with Gasteiger partial charge >= 0.3 is 47.4 Å². The molecule has 0 aliphatic carbocycles. The second kappa shape index (κ2) is 22.9. The van der Waals surface area contributed by atoms with Crippen LogP contribution in [0.2, 0.25) is 0 Å². The Bertz CT molecular complexity index is 654. The van der Waals surface area contributed by atoms with E-state index in [0.29, 0.717) is 5.78 Å².